The number of hydrogen-bond acceptors (Lipinski definition) is 4. The predicted octanol–water partition coefficient (Wildman–Crippen LogP) is 4.82. The maximum Gasteiger partial charge on any atom is 0.255 e. The first kappa shape index (κ1) is 22.9. The molecule has 0 fully saturated rings. The van der Waals surface area contributed by atoms with E-state index in [1.807, 2.05) is 115 Å². The number of nitrogen functional groups attached to an aromatic ring is 1. The number of carbonyl (C=O) groups excluding carboxylic acids is 1. The van der Waals surface area contributed by atoms with Gasteiger partial charge in [-0.05, 0) is 72.8 Å². The largest absolute Gasteiger partial charge is 0.397 e. The standard InChI is InChI=1S/C29H26N6O/c1-34-17-14-24(15-18-34)31-21-10-12-23(13-11-21)33-29(36)20-6-8-22(9-7-20)32-27-16-19-35(2)28-25(27)4-3-5-26(28)30/h3-19H,30H2,1-2H3,(H,33,36). The highest BCUT2D eigenvalue weighted by atomic mass is 16.1. The van der Waals surface area contributed by atoms with Crippen LogP contribution >= 0.6 is 0 Å². The minimum atomic E-state index is -0.188. The molecule has 0 bridgehead atoms. The highest BCUT2D eigenvalue weighted by Gasteiger charge is 2.07. The summed E-state index contributed by atoms with van der Waals surface area (Å²) in [5.74, 6) is -0.188. The van der Waals surface area contributed by atoms with Gasteiger partial charge in [-0.25, -0.2) is 9.98 Å². The van der Waals surface area contributed by atoms with Gasteiger partial charge in [0.2, 0.25) is 0 Å². The molecule has 0 saturated heterocycles. The zero-order valence-corrected chi connectivity index (χ0v) is 20.1. The number of rotatable bonds is 4. The Morgan fingerprint density at radius 2 is 1.44 bits per heavy atom. The predicted molar refractivity (Wildman–Crippen MR) is 144 cm³/mol. The van der Waals surface area contributed by atoms with Crippen LogP contribution in [0.1, 0.15) is 10.4 Å². The lowest BCUT2D eigenvalue weighted by Crippen LogP contribution is -2.11. The average molecular weight is 475 g/mol. The molecule has 178 valence electrons. The first-order valence-electron chi connectivity index (χ1n) is 11.5. The van der Waals surface area contributed by atoms with Crippen molar-refractivity contribution in [1.82, 2.24) is 9.13 Å². The van der Waals surface area contributed by atoms with E-state index in [-0.39, 0.29) is 5.91 Å². The van der Waals surface area contributed by atoms with Crippen molar-refractivity contribution in [1.29, 1.82) is 0 Å². The maximum absolute atomic E-state index is 12.8. The van der Waals surface area contributed by atoms with Crippen LogP contribution in [-0.4, -0.2) is 15.0 Å². The summed E-state index contributed by atoms with van der Waals surface area (Å²) in [6, 6.07) is 26.3. The van der Waals surface area contributed by atoms with E-state index in [0.717, 1.165) is 33.0 Å². The van der Waals surface area contributed by atoms with Gasteiger partial charge in [0.15, 0.2) is 0 Å². The molecule has 0 saturated carbocycles. The van der Waals surface area contributed by atoms with E-state index in [4.69, 9.17) is 10.7 Å². The minimum Gasteiger partial charge on any atom is -0.397 e. The minimum absolute atomic E-state index is 0.188. The summed E-state index contributed by atoms with van der Waals surface area (Å²) < 4.78 is 3.94. The summed E-state index contributed by atoms with van der Waals surface area (Å²) in [6.45, 7) is 0. The third-order valence-electron chi connectivity index (χ3n) is 5.88. The molecule has 2 heterocycles. The Kier molecular flexibility index (Phi) is 6.19. The van der Waals surface area contributed by atoms with Gasteiger partial charge in [-0.1, -0.05) is 12.1 Å². The number of nitrogens with two attached hydrogens (primary N) is 1. The van der Waals surface area contributed by atoms with E-state index in [1.165, 1.54) is 0 Å². The average Bonchev–Trinajstić information content (AvgIpc) is 2.89. The van der Waals surface area contributed by atoms with Gasteiger partial charge in [-0.3, -0.25) is 4.79 Å². The summed E-state index contributed by atoms with van der Waals surface area (Å²) >= 11 is 0. The molecule has 2 aromatic heterocycles. The number of aryl methyl sites for hydroxylation is 2. The Morgan fingerprint density at radius 3 is 2.17 bits per heavy atom. The fourth-order valence-corrected chi connectivity index (χ4v) is 3.97. The molecule has 0 aliphatic carbocycles. The van der Waals surface area contributed by atoms with Crippen molar-refractivity contribution in [2.24, 2.45) is 24.1 Å². The van der Waals surface area contributed by atoms with Gasteiger partial charge in [-0.15, -0.1) is 0 Å². The lowest BCUT2D eigenvalue weighted by Gasteiger charge is -2.08. The van der Waals surface area contributed by atoms with Crippen molar-refractivity contribution in [3.8, 4) is 0 Å². The third kappa shape index (κ3) is 4.95. The second-order valence-corrected chi connectivity index (χ2v) is 8.55. The van der Waals surface area contributed by atoms with Crippen LogP contribution in [0.2, 0.25) is 0 Å². The molecule has 0 radical (unpaired) electrons. The van der Waals surface area contributed by atoms with E-state index < -0.39 is 0 Å². The lowest BCUT2D eigenvalue weighted by atomic mass is 10.1. The highest BCUT2D eigenvalue weighted by Crippen LogP contribution is 2.20. The van der Waals surface area contributed by atoms with Crippen LogP contribution in [0.15, 0.2) is 114 Å². The van der Waals surface area contributed by atoms with Gasteiger partial charge >= 0.3 is 0 Å². The molecule has 7 nitrogen and oxygen atoms in total. The van der Waals surface area contributed by atoms with Crippen LogP contribution in [0.5, 0.6) is 0 Å². The van der Waals surface area contributed by atoms with Crippen LogP contribution in [0.4, 0.5) is 22.7 Å². The first-order chi connectivity index (χ1) is 17.5. The summed E-state index contributed by atoms with van der Waals surface area (Å²) in [5.41, 5.74) is 10.6. The smallest absolute Gasteiger partial charge is 0.255 e. The molecule has 0 aliphatic heterocycles. The third-order valence-corrected chi connectivity index (χ3v) is 5.88. The number of benzene rings is 3. The summed E-state index contributed by atoms with van der Waals surface area (Å²) in [7, 11) is 3.92. The van der Waals surface area contributed by atoms with Crippen molar-refractivity contribution < 1.29 is 4.79 Å². The summed E-state index contributed by atoms with van der Waals surface area (Å²) in [5, 5.41) is 5.60. The topological polar surface area (TPSA) is 89.7 Å². The van der Waals surface area contributed by atoms with Crippen LogP contribution < -0.4 is 21.8 Å². The van der Waals surface area contributed by atoms with Crippen molar-refractivity contribution in [2.45, 2.75) is 0 Å². The number of anilines is 2. The maximum atomic E-state index is 12.8. The molecule has 3 aromatic carbocycles. The zero-order valence-electron chi connectivity index (χ0n) is 20.1. The Balaban J connectivity index is 1.32. The molecule has 0 atom stereocenters. The van der Waals surface area contributed by atoms with Crippen molar-refractivity contribution in [3.05, 3.63) is 120 Å². The van der Waals surface area contributed by atoms with E-state index in [9.17, 15) is 4.79 Å². The van der Waals surface area contributed by atoms with Crippen LogP contribution in [0.25, 0.3) is 10.9 Å². The molecule has 0 aliphatic rings. The Bertz CT molecular complexity index is 1670. The van der Waals surface area contributed by atoms with Crippen LogP contribution in [-0.2, 0) is 14.1 Å². The fraction of sp³-hybridized carbons (Fsp3) is 0.0690. The van der Waals surface area contributed by atoms with Crippen molar-refractivity contribution >= 4 is 39.6 Å². The highest BCUT2D eigenvalue weighted by molar-refractivity contribution is 6.04. The number of para-hydroxylation sites is 1. The van der Waals surface area contributed by atoms with Gasteiger partial charge in [-0.2, -0.15) is 0 Å². The number of pyridine rings is 2. The molecular formula is C29H26N6O. The number of amides is 1. The number of aromatic nitrogens is 2. The van der Waals surface area contributed by atoms with Crippen molar-refractivity contribution in [3.63, 3.8) is 0 Å². The molecule has 1 amide bonds. The van der Waals surface area contributed by atoms with E-state index in [2.05, 4.69) is 10.3 Å². The molecule has 5 rings (SSSR count). The molecular weight excluding hydrogens is 448 g/mol. The molecule has 36 heavy (non-hydrogen) atoms. The van der Waals surface area contributed by atoms with Gasteiger partial charge in [0.05, 0.1) is 33.3 Å². The lowest BCUT2D eigenvalue weighted by molar-refractivity contribution is 0.102. The SMILES string of the molecule is Cn1ccc(=Nc2ccc(NC(=O)c3ccc(N=c4ccn(C)c5c(N)cccc45)cc3)cc2)cc1. The van der Waals surface area contributed by atoms with Gasteiger partial charge in [0.1, 0.15) is 0 Å². The number of fused-ring (bicyclic) bond motifs is 1. The zero-order chi connectivity index (χ0) is 25.1. The monoisotopic (exact) mass is 474 g/mol. The van der Waals surface area contributed by atoms with Gasteiger partial charge in [0.25, 0.3) is 5.91 Å². The Labute approximate surface area is 208 Å². The number of nitrogens with one attached hydrogen (secondary N) is 1. The van der Waals surface area contributed by atoms with Gasteiger partial charge < -0.3 is 20.2 Å². The number of hydrogen-bond donors (Lipinski definition) is 2. The molecule has 7 heteroatoms. The van der Waals surface area contributed by atoms with Crippen LogP contribution in [0.3, 0.4) is 0 Å². The quantitative estimate of drug-likeness (QED) is 0.366. The molecule has 3 N–H and O–H groups in total. The number of nitrogens with zero attached hydrogens (tertiary/aromatic N) is 4. The second-order valence-electron chi connectivity index (χ2n) is 8.55. The van der Waals surface area contributed by atoms with Crippen LogP contribution in [0, 0.1) is 0 Å². The summed E-state index contributed by atoms with van der Waals surface area (Å²) in [4.78, 5) is 22.1. The van der Waals surface area contributed by atoms with E-state index >= 15 is 0 Å². The number of carbonyl (C=O) groups is 1. The first-order valence-corrected chi connectivity index (χ1v) is 11.5. The normalized spacial score (nSPS) is 11.4. The van der Waals surface area contributed by atoms with E-state index in [0.29, 0.717) is 16.9 Å². The molecule has 0 spiro atoms. The van der Waals surface area contributed by atoms with Crippen molar-refractivity contribution in [2.75, 3.05) is 11.1 Å². The van der Waals surface area contributed by atoms with Gasteiger partial charge in [0, 0.05) is 49.3 Å². The van der Waals surface area contributed by atoms with E-state index in [1.54, 1.807) is 12.1 Å². The molecule has 5 aromatic rings. The molecule has 0 unspecified atom stereocenters. The Hall–Kier alpha value is -4.91. The summed E-state index contributed by atoms with van der Waals surface area (Å²) in [6.07, 6.45) is 5.84. The fourth-order valence-electron chi connectivity index (χ4n) is 3.97. The second kappa shape index (κ2) is 9.76. The Morgan fingerprint density at radius 1 is 0.778 bits per heavy atom.